The van der Waals surface area contributed by atoms with Crippen molar-refractivity contribution in [2.75, 3.05) is 0 Å². The summed E-state index contributed by atoms with van der Waals surface area (Å²) in [6.45, 7) is 0. The third-order valence-corrected chi connectivity index (χ3v) is 2.70. The number of allylic oxidation sites excluding steroid dienone is 2. The second-order valence-electron chi connectivity index (χ2n) is 3.88. The number of benzene rings is 1. The Labute approximate surface area is 96.4 Å². The second kappa shape index (κ2) is 5.19. The van der Waals surface area contributed by atoms with Gasteiger partial charge in [0, 0.05) is 5.56 Å². The van der Waals surface area contributed by atoms with Crippen LogP contribution < -0.4 is 0 Å². The molecule has 0 aliphatic heterocycles. The van der Waals surface area contributed by atoms with E-state index in [2.05, 4.69) is 24.0 Å². The number of rotatable bonds is 0. The first kappa shape index (κ1) is 10.5. The largest absolute Gasteiger partial charge is 0.192 e. The zero-order valence-corrected chi connectivity index (χ0v) is 9.16. The van der Waals surface area contributed by atoms with Gasteiger partial charge in [-0.05, 0) is 43.4 Å². The molecule has 0 radical (unpaired) electrons. The van der Waals surface area contributed by atoms with Gasteiger partial charge in [-0.15, -0.1) is 0 Å². The molecule has 1 aliphatic rings. The van der Waals surface area contributed by atoms with Gasteiger partial charge in [0.15, 0.2) is 0 Å². The van der Waals surface area contributed by atoms with Crippen molar-refractivity contribution in [3.63, 3.8) is 0 Å². The molecule has 0 unspecified atom stereocenters. The lowest BCUT2D eigenvalue weighted by atomic mass is 9.99. The first-order valence-electron chi connectivity index (χ1n) is 5.60. The molecule has 0 atom stereocenters. The van der Waals surface area contributed by atoms with Gasteiger partial charge in [0.2, 0.25) is 0 Å². The minimum Gasteiger partial charge on any atom is -0.192 e. The van der Waals surface area contributed by atoms with Crippen LogP contribution in [0.4, 0.5) is 0 Å². The monoisotopic (exact) mass is 207 g/mol. The lowest BCUT2D eigenvalue weighted by molar-refractivity contribution is 0.715. The van der Waals surface area contributed by atoms with Crippen LogP contribution in [0.15, 0.2) is 35.9 Å². The topological polar surface area (TPSA) is 23.8 Å². The lowest BCUT2D eigenvalue weighted by Crippen LogP contribution is -1.89. The molecule has 78 valence electrons. The minimum atomic E-state index is 0.659. The first-order chi connectivity index (χ1) is 7.90. The average molecular weight is 207 g/mol. The van der Waals surface area contributed by atoms with Gasteiger partial charge >= 0.3 is 0 Å². The third kappa shape index (κ3) is 2.53. The summed E-state index contributed by atoms with van der Waals surface area (Å²) in [4.78, 5) is 0. The highest BCUT2D eigenvalue weighted by molar-refractivity contribution is 5.50. The van der Waals surface area contributed by atoms with Crippen LogP contribution in [0.1, 0.15) is 36.8 Å². The Morgan fingerprint density at radius 1 is 1.00 bits per heavy atom. The SMILES string of the molecule is N#Cc1ccccc1C#CC1=CCCCC1. The molecule has 0 saturated carbocycles. The quantitative estimate of drug-likeness (QED) is 0.598. The predicted octanol–water partition coefficient (Wildman–Crippen LogP) is 3.41. The van der Waals surface area contributed by atoms with E-state index < -0.39 is 0 Å². The Morgan fingerprint density at radius 2 is 1.81 bits per heavy atom. The number of nitriles is 1. The molecule has 0 amide bonds. The highest BCUT2D eigenvalue weighted by Crippen LogP contribution is 2.16. The third-order valence-electron chi connectivity index (χ3n) is 2.70. The van der Waals surface area contributed by atoms with E-state index in [4.69, 9.17) is 5.26 Å². The van der Waals surface area contributed by atoms with Gasteiger partial charge in [-0.25, -0.2) is 0 Å². The Hall–Kier alpha value is -1.99. The van der Waals surface area contributed by atoms with Crippen LogP contribution in [0.3, 0.4) is 0 Å². The molecule has 0 saturated heterocycles. The normalized spacial score (nSPS) is 14.3. The minimum absolute atomic E-state index is 0.659. The van der Waals surface area contributed by atoms with Gasteiger partial charge in [-0.1, -0.05) is 30.0 Å². The van der Waals surface area contributed by atoms with E-state index in [0.717, 1.165) is 18.4 Å². The zero-order valence-electron chi connectivity index (χ0n) is 9.16. The maximum Gasteiger partial charge on any atom is 0.100 e. The van der Waals surface area contributed by atoms with Crippen molar-refractivity contribution in [1.29, 1.82) is 5.26 Å². The van der Waals surface area contributed by atoms with Gasteiger partial charge in [-0.3, -0.25) is 0 Å². The molecule has 0 aromatic heterocycles. The van der Waals surface area contributed by atoms with Gasteiger partial charge in [0.05, 0.1) is 5.56 Å². The summed E-state index contributed by atoms with van der Waals surface area (Å²) in [5.41, 5.74) is 2.71. The van der Waals surface area contributed by atoms with Crippen LogP contribution in [0.2, 0.25) is 0 Å². The van der Waals surface area contributed by atoms with E-state index in [-0.39, 0.29) is 0 Å². The van der Waals surface area contributed by atoms with Gasteiger partial charge in [-0.2, -0.15) is 5.26 Å². The fraction of sp³-hybridized carbons (Fsp3) is 0.267. The number of hydrogen-bond acceptors (Lipinski definition) is 1. The lowest BCUT2D eigenvalue weighted by Gasteiger charge is -2.05. The fourth-order valence-corrected chi connectivity index (χ4v) is 1.79. The summed E-state index contributed by atoms with van der Waals surface area (Å²) in [6.07, 6.45) is 6.96. The molecule has 1 aliphatic carbocycles. The van der Waals surface area contributed by atoms with Crippen LogP contribution in [-0.4, -0.2) is 0 Å². The molecular formula is C15H13N. The summed E-state index contributed by atoms with van der Waals surface area (Å²) < 4.78 is 0. The Kier molecular flexibility index (Phi) is 3.42. The maximum absolute atomic E-state index is 8.92. The second-order valence-corrected chi connectivity index (χ2v) is 3.88. The van der Waals surface area contributed by atoms with E-state index in [0.29, 0.717) is 5.56 Å². The van der Waals surface area contributed by atoms with Crippen molar-refractivity contribution in [3.05, 3.63) is 47.0 Å². The first-order valence-corrected chi connectivity index (χ1v) is 5.60. The number of nitrogens with zero attached hydrogens (tertiary/aromatic N) is 1. The summed E-state index contributed by atoms with van der Waals surface area (Å²) in [7, 11) is 0. The van der Waals surface area contributed by atoms with Crippen LogP contribution in [0.5, 0.6) is 0 Å². The highest BCUT2D eigenvalue weighted by Gasteiger charge is 2.00. The van der Waals surface area contributed by atoms with E-state index in [1.54, 1.807) is 6.07 Å². The van der Waals surface area contributed by atoms with E-state index >= 15 is 0 Å². The smallest absolute Gasteiger partial charge is 0.100 e. The molecule has 1 heteroatoms. The molecule has 0 N–H and O–H groups in total. The zero-order chi connectivity index (χ0) is 11.2. The van der Waals surface area contributed by atoms with Crippen LogP contribution >= 0.6 is 0 Å². The van der Waals surface area contributed by atoms with Gasteiger partial charge in [0.25, 0.3) is 0 Å². The Balaban J connectivity index is 2.24. The molecule has 0 spiro atoms. The van der Waals surface area contributed by atoms with Gasteiger partial charge < -0.3 is 0 Å². The van der Waals surface area contributed by atoms with E-state index in [9.17, 15) is 0 Å². The van der Waals surface area contributed by atoms with Crippen molar-refractivity contribution >= 4 is 0 Å². The molecule has 0 heterocycles. The molecule has 1 aromatic rings. The molecule has 1 nitrogen and oxygen atoms in total. The Bertz CT molecular complexity index is 506. The van der Waals surface area contributed by atoms with E-state index in [1.807, 2.05) is 18.2 Å². The van der Waals surface area contributed by atoms with Crippen molar-refractivity contribution in [2.45, 2.75) is 25.7 Å². The van der Waals surface area contributed by atoms with Crippen LogP contribution in [0, 0.1) is 23.2 Å². The molecular weight excluding hydrogens is 194 g/mol. The maximum atomic E-state index is 8.92. The fourth-order valence-electron chi connectivity index (χ4n) is 1.79. The summed E-state index contributed by atoms with van der Waals surface area (Å²) in [6, 6.07) is 9.65. The van der Waals surface area contributed by atoms with Gasteiger partial charge in [0.1, 0.15) is 6.07 Å². The summed E-state index contributed by atoms with van der Waals surface area (Å²) >= 11 is 0. The molecule has 2 rings (SSSR count). The van der Waals surface area contributed by atoms with Crippen LogP contribution in [-0.2, 0) is 0 Å². The molecule has 0 bridgehead atoms. The van der Waals surface area contributed by atoms with Crippen LogP contribution in [0.25, 0.3) is 0 Å². The van der Waals surface area contributed by atoms with E-state index in [1.165, 1.54) is 18.4 Å². The van der Waals surface area contributed by atoms with Crippen molar-refractivity contribution in [2.24, 2.45) is 0 Å². The average Bonchev–Trinajstić information content (AvgIpc) is 2.38. The molecule has 16 heavy (non-hydrogen) atoms. The summed E-state index contributed by atoms with van der Waals surface area (Å²) in [5.74, 6) is 6.27. The number of hydrogen-bond donors (Lipinski definition) is 0. The van der Waals surface area contributed by atoms with Crippen molar-refractivity contribution in [3.8, 4) is 17.9 Å². The predicted molar refractivity (Wildman–Crippen MR) is 64.6 cm³/mol. The molecule has 0 fully saturated rings. The van der Waals surface area contributed by atoms with Crippen molar-refractivity contribution in [1.82, 2.24) is 0 Å². The molecule has 1 aromatic carbocycles. The highest BCUT2D eigenvalue weighted by atomic mass is 14.2. The van der Waals surface area contributed by atoms with Crippen molar-refractivity contribution < 1.29 is 0 Å². The standard InChI is InChI=1S/C15H13N/c16-12-15-9-5-4-8-14(15)11-10-13-6-2-1-3-7-13/h4-6,8-9H,1-3,7H2. The summed E-state index contributed by atoms with van der Waals surface area (Å²) in [5, 5.41) is 8.92. The Morgan fingerprint density at radius 3 is 2.50 bits per heavy atom.